The minimum atomic E-state index is 0. The van der Waals surface area contributed by atoms with E-state index >= 15 is 0 Å². The molecular weight excluding hydrogens is 583 g/mol. The third kappa shape index (κ3) is 8.83. The van der Waals surface area contributed by atoms with Gasteiger partial charge in [0.05, 0.1) is 11.1 Å². The van der Waals surface area contributed by atoms with Crippen molar-refractivity contribution in [2.75, 3.05) is 19.7 Å². The van der Waals surface area contributed by atoms with Gasteiger partial charge in [-0.1, -0.05) is 60.1 Å². The Morgan fingerprint density at radius 3 is 2.33 bits per heavy atom. The molecule has 3 aromatic carbocycles. The second-order valence-electron chi connectivity index (χ2n) is 8.63. The van der Waals surface area contributed by atoms with Crippen molar-refractivity contribution < 1.29 is 9.47 Å². The number of piperidine rings is 1. The van der Waals surface area contributed by atoms with Gasteiger partial charge in [-0.3, -0.25) is 4.90 Å². The van der Waals surface area contributed by atoms with Crippen LogP contribution in [0.2, 0.25) is 5.02 Å². The summed E-state index contributed by atoms with van der Waals surface area (Å²) in [5, 5.41) is 4.44. The first-order valence-corrected chi connectivity index (χ1v) is 13.1. The minimum Gasteiger partial charge on any atom is -0.490 e. The fraction of sp³-hybridized carbons (Fsp3) is 0.357. The second kappa shape index (κ2) is 15.7. The second-order valence-corrected chi connectivity index (χ2v) is 9.90. The number of hydrogen-bond acceptors (Lipinski definition) is 4. The van der Waals surface area contributed by atoms with E-state index in [2.05, 4.69) is 68.6 Å². The molecule has 0 aromatic heterocycles. The third-order valence-electron chi connectivity index (χ3n) is 6.13. The molecule has 1 N–H and O–H groups in total. The first kappa shape index (κ1) is 30.8. The molecule has 0 saturated carbocycles. The van der Waals surface area contributed by atoms with Crippen LogP contribution in [0.4, 0.5) is 0 Å². The molecule has 196 valence electrons. The van der Waals surface area contributed by atoms with Crippen LogP contribution in [0.25, 0.3) is 0 Å². The molecule has 1 aliphatic heterocycles. The van der Waals surface area contributed by atoms with Crippen LogP contribution in [0, 0.1) is 0 Å². The van der Waals surface area contributed by atoms with Crippen LogP contribution >= 0.6 is 52.3 Å². The molecule has 4 nitrogen and oxygen atoms in total. The number of nitrogens with zero attached hydrogens (tertiary/aromatic N) is 1. The maximum Gasteiger partial charge on any atom is 0.175 e. The fourth-order valence-electron chi connectivity index (χ4n) is 4.29. The molecule has 0 radical (unpaired) electrons. The van der Waals surface area contributed by atoms with Crippen LogP contribution < -0.4 is 14.8 Å². The van der Waals surface area contributed by atoms with Crippen molar-refractivity contribution >= 4 is 52.3 Å². The van der Waals surface area contributed by atoms with E-state index in [0.717, 1.165) is 54.8 Å². The average Bonchev–Trinajstić information content (AvgIpc) is 2.85. The summed E-state index contributed by atoms with van der Waals surface area (Å²) >= 11 is 9.98. The Morgan fingerprint density at radius 1 is 0.944 bits per heavy atom. The highest BCUT2D eigenvalue weighted by Crippen LogP contribution is 2.38. The van der Waals surface area contributed by atoms with Gasteiger partial charge in [-0.15, -0.1) is 24.8 Å². The van der Waals surface area contributed by atoms with E-state index < -0.39 is 0 Å². The van der Waals surface area contributed by atoms with Gasteiger partial charge in [0, 0.05) is 29.7 Å². The largest absolute Gasteiger partial charge is 0.490 e. The Hall–Kier alpha value is -1.47. The fourth-order valence-corrected chi connectivity index (χ4v) is 5.09. The van der Waals surface area contributed by atoms with Gasteiger partial charge < -0.3 is 14.8 Å². The predicted molar refractivity (Wildman–Crippen MR) is 157 cm³/mol. The molecule has 1 saturated heterocycles. The molecule has 1 heterocycles. The lowest BCUT2D eigenvalue weighted by atomic mass is 10.0. The van der Waals surface area contributed by atoms with Crippen LogP contribution in [0.5, 0.6) is 11.5 Å². The van der Waals surface area contributed by atoms with Crippen LogP contribution in [0.1, 0.15) is 36.5 Å². The lowest BCUT2D eigenvalue weighted by Gasteiger charge is -2.32. The van der Waals surface area contributed by atoms with Crippen LogP contribution in [-0.2, 0) is 19.7 Å². The Labute approximate surface area is 240 Å². The summed E-state index contributed by atoms with van der Waals surface area (Å²) in [5.41, 5.74) is 3.51. The average molecular weight is 617 g/mol. The maximum absolute atomic E-state index is 6.29. The van der Waals surface area contributed by atoms with Crippen molar-refractivity contribution in [3.05, 3.63) is 92.9 Å². The monoisotopic (exact) mass is 614 g/mol. The Kier molecular flexibility index (Phi) is 13.4. The van der Waals surface area contributed by atoms with Gasteiger partial charge in [-0.2, -0.15) is 0 Å². The van der Waals surface area contributed by atoms with Gasteiger partial charge >= 0.3 is 0 Å². The SMILES string of the molecule is CCOc1cc(CNC2CCN(Cc3ccccc3)CC2)cc(Br)c1OCc1ccccc1Cl.Cl.Cl. The smallest absolute Gasteiger partial charge is 0.175 e. The van der Waals surface area contributed by atoms with Gasteiger partial charge in [-0.25, -0.2) is 0 Å². The molecular formula is C28H34BrCl3N2O2. The number of halogens is 4. The zero-order valence-corrected chi connectivity index (χ0v) is 24.4. The summed E-state index contributed by atoms with van der Waals surface area (Å²) in [7, 11) is 0. The normalized spacial score (nSPS) is 14.0. The van der Waals surface area contributed by atoms with E-state index in [1.807, 2.05) is 31.2 Å². The first-order chi connectivity index (χ1) is 16.6. The van der Waals surface area contributed by atoms with Crippen molar-refractivity contribution in [3.8, 4) is 11.5 Å². The molecule has 0 spiro atoms. The maximum atomic E-state index is 6.29. The van der Waals surface area contributed by atoms with E-state index in [4.69, 9.17) is 21.1 Å². The zero-order chi connectivity index (χ0) is 23.8. The molecule has 0 amide bonds. The molecule has 1 aliphatic rings. The topological polar surface area (TPSA) is 33.7 Å². The van der Waals surface area contributed by atoms with E-state index in [9.17, 15) is 0 Å². The number of likely N-dealkylation sites (tertiary alicyclic amines) is 1. The van der Waals surface area contributed by atoms with Crippen LogP contribution in [0.3, 0.4) is 0 Å². The predicted octanol–water partition coefficient (Wildman–Crippen LogP) is 7.68. The lowest BCUT2D eigenvalue weighted by molar-refractivity contribution is 0.190. The Bertz CT molecular complexity index is 1060. The Balaban J connectivity index is 0.00000228. The van der Waals surface area contributed by atoms with Crippen molar-refractivity contribution in [3.63, 3.8) is 0 Å². The van der Waals surface area contributed by atoms with Gasteiger partial charge in [-0.05, 0) is 78.1 Å². The van der Waals surface area contributed by atoms with Crippen LogP contribution in [0.15, 0.2) is 71.2 Å². The number of nitrogens with one attached hydrogen (secondary N) is 1. The van der Waals surface area contributed by atoms with E-state index in [1.54, 1.807) is 0 Å². The highest BCUT2D eigenvalue weighted by Gasteiger charge is 2.19. The molecule has 0 bridgehead atoms. The number of benzene rings is 3. The number of hydrogen-bond donors (Lipinski definition) is 1. The summed E-state index contributed by atoms with van der Waals surface area (Å²) in [5.74, 6) is 1.46. The van der Waals surface area contributed by atoms with Gasteiger partial charge in [0.1, 0.15) is 6.61 Å². The Morgan fingerprint density at radius 2 is 1.64 bits per heavy atom. The van der Waals surface area contributed by atoms with Crippen molar-refractivity contribution in [2.45, 2.75) is 45.5 Å². The minimum absolute atomic E-state index is 0. The van der Waals surface area contributed by atoms with E-state index in [1.165, 1.54) is 11.1 Å². The van der Waals surface area contributed by atoms with E-state index in [-0.39, 0.29) is 24.8 Å². The molecule has 0 aliphatic carbocycles. The molecule has 0 atom stereocenters. The van der Waals surface area contributed by atoms with Crippen LogP contribution in [-0.4, -0.2) is 30.6 Å². The summed E-state index contributed by atoms with van der Waals surface area (Å²) in [6.45, 7) is 7.02. The summed E-state index contributed by atoms with van der Waals surface area (Å²) in [6, 6.07) is 23.2. The van der Waals surface area contributed by atoms with E-state index in [0.29, 0.717) is 30.0 Å². The highest BCUT2D eigenvalue weighted by molar-refractivity contribution is 9.10. The molecule has 4 rings (SSSR count). The van der Waals surface area contributed by atoms with Crippen molar-refractivity contribution in [1.82, 2.24) is 10.2 Å². The summed E-state index contributed by atoms with van der Waals surface area (Å²) < 4.78 is 12.9. The van der Waals surface area contributed by atoms with Gasteiger partial charge in [0.25, 0.3) is 0 Å². The molecule has 8 heteroatoms. The highest BCUT2D eigenvalue weighted by atomic mass is 79.9. The number of ether oxygens (including phenoxy) is 2. The standard InChI is InChI=1S/C28H32BrClN2O2.2ClH/c1-2-33-27-17-22(16-25(29)28(27)34-20-23-10-6-7-11-26(23)30)18-31-24-12-14-32(15-13-24)19-21-8-4-3-5-9-21;;/h3-11,16-17,24,31H,2,12-15,18-20H2,1H3;2*1H. The number of rotatable bonds is 10. The third-order valence-corrected chi connectivity index (χ3v) is 7.09. The van der Waals surface area contributed by atoms with Crippen molar-refractivity contribution in [1.29, 1.82) is 0 Å². The lowest BCUT2D eigenvalue weighted by Crippen LogP contribution is -2.41. The van der Waals surface area contributed by atoms with Crippen molar-refractivity contribution in [2.24, 2.45) is 0 Å². The molecule has 3 aromatic rings. The van der Waals surface area contributed by atoms with Gasteiger partial charge in [0.15, 0.2) is 11.5 Å². The molecule has 1 fully saturated rings. The van der Waals surface area contributed by atoms with Gasteiger partial charge in [0.2, 0.25) is 0 Å². The first-order valence-electron chi connectivity index (χ1n) is 11.9. The summed E-state index contributed by atoms with van der Waals surface area (Å²) in [6.07, 6.45) is 2.32. The molecule has 0 unspecified atom stereocenters. The zero-order valence-electron chi connectivity index (χ0n) is 20.4. The quantitative estimate of drug-likeness (QED) is 0.253. The molecule has 36 heavy (non-hydrogen) atoms. The summed E-state index contributed by atoms with van der Waals surface area (Å²) in [4.78, 5) is 2.54.